The van der Waals surface area contributed by atoms with Crippen molar-refractivity contribution in [2.45, 2.75) is 50.8 Å². The first-order valence-corrected chi connectivity index (χ1v) is 5.91. The summed E-state index contributed by atoms with van der Waals surface area (Å²) in [6.45, 7) is 3.15. The molecule has 2 aliphatic heterocycles. The van der Waals surface area contributed by atoms with E-state index in [1.807, 2.05) is 6.92 Å². The van der Waals surface area contributed by atoms with Crippen molar-refractivity contribution >= 4 is 5.91 Å². The van der Waals surface area contributed by atoms with Crippen molar-refractivity contribution in [2.75, 3.05) is 13.1 Å². The lowest BCUT2D eigenvalue weighted by Gasteiger charge is -2.36. The molecular weight excluding hydrogens is 192 g/mol. The molecule has 4 heteroatoms. The Morgan fingerprint density at radius 2 is 2.00 bits per heavy atom. The number of nitrogens with one attached hydrogen (secondary N) is 1. The highest BCUT2D eigenvalue weighted by Gasteiger charge is 2.40. The number of hydrogen-bond donors (Lipinski definition) is 2. The Labute approximate surface area is 90.6 Å². The first-order valence-electron chi connectivity index (χ1n) is 5.91. The molecule has 0 aromatic heterocycles. The molecule has 2 atom stereocenters. The molecule has 4 nitrogen and oxygen atoms in total. The molecule has 2 aliphatic rings. The number of aliphatic hydroxyl groups is 1. The quantitative estimate of drug-likeness (QED) is 0.698. The van der Waals surface area contributed by atoms with E-state index in [1.165, 1.54) is 0 Å². The van der Waals surface area contributed by atoms with Gasteiger partial charge in [0, 0.05) is 18.6 Å². The third kappa shape index (κ3) is 2.32. The number of carbonyl (C=O) groups excluding carboxylic acids is 1. The van der Waals surface area contributed by atoms with Gasteiger partial charge in [0.15, 0.2) is 0 Å². The van der Waals surface area contributed by atoms with Gasteiger partial charge in [0.1, 0.15) is 0 Å². The predicted octanol–water partition coefficient (Wildman–Crippen LogP) is 0.110. The Balaban J connectivity index is 1.91. The lowest BCUT2D eigenvalue weighted by Crippen LogP contribution is -2.49. The number of fused-ring (bicyclic) bond motifs is 2. The lowest BCUT2D eigenvalue weighted by atomic mass is 10.00. The average molecular weight is 212 g/mol. The lowest BCUT2D eigenvalue weighted by molar-refractivity contribution is -0.123. The van der Waals surface area contributed by atoms with E-state index in [4.69, 9.17) is 0 Å². The Kier molecular flexibility index (Phi) is 3.26. The van der Waals surface area contributed by atoms with Crippen LogP contribution >= 0.6 is 0 Å². The van der Waals surface area contributed by atoms with Crippen LogP contribution in [0.4, 0.5) is 0 Å². The number of rotatable bonds is 3. The minimum Gasteiger partial charge on any atom is -0.393 e. The Morgan fingerprint density at radius 3 is 2.53 bits per heavy atom. The van der Waals surface area contributed by atoms with Gasteiger partial charge in [-0.3, -0.25) is 9.69 Å². The average Bonchev–Trinajstić information content (AvgIpc) is 2.44. The van der Waals surface area contributed by atoms with E-state index in [0.717, 1.165) is 25.7 Å². The van der Waals surface area contributed by atoms with Gasteiger partial charge in [0.05, 0.1) is 12.6 Å². The second kappa shape index (κ2) is 4.49. The van der Waals surface area contributed by atoms with E-state index in [9.17, 15) is 9.90 Å². The second-order valence-electron chi connectivity index (χ2n) is 4.64. The molecule has 0 aromatic rings. The number of likely N-dealkylation sites (N-methyl/N-ethyl adjacent to an activating group) is 1. The topological polar surface area (TPSA) is 52.6 Å². The fourth-order valence-electron chi connectivity index (χ4n) is 2.92. The van der Waals surface area contributed by atoms with E-state index in [2.05, 4.69) is 10.2 Å². The highest BCUT2D eigenvalue weighted by atomic mass is 16.3. The maximum Gasteiger partial charge on any atom is 0.234 e. The molecule has 2 rings (SSSR count). The van der Waals surface area contributed by atoms with Crippen LogP contribution in [-0.2, 0) is 4.79 Å². The summed E-state index contributed by atoms with van der Waals surface area (Å²) in [7, 11) is 0. The molecule has 2 heterocycles. The first kappa shape index (κ1) is 10.9. The maximum atomic E-state index is 11.5. The molecule has 2 saturated heterocycles. The Bertz CT molecular complexity index is 231. The summed E-state index contributed by atoms with van der Waals surface area (Å²) in [5.41, 5.74) is 0. The molecule has 86 valence electrons. The van der Waals surface area contributed by atoms with E-state index in [-0.39, 0.29) is 12.0 Å². The molecule has 0 aliphatic carbocycles. The number of nitrogens with zero attached hydrogens (tertiary/aromatic N) is 1. The van der Waals surface area contributed by atoms with E-state index < -0.39 is 0 Å². The zero-order valence-electron chi connectivity index (χ0n) is 9.28. The van der Waals surface area contributed by atoms with Gasteiger partial charge in [0.2, 0.25) is 5.91 Å². The van der Waals surface area contributed by atoms with E-state index in [0.29, 0.717) is 25.2 Å². The van der Waals surface area contributed by atoms with Crippen molar-refractivity contribution in [1.29, 1.82) is 0 Å². The van der Waals surface area contributed by atoms with Crippen LogP contribution in [0.1, 0.15) is 32.6 Å². The normalized spacial score (nSPS) is 35.5. The fraction of sp³-hybridized carbons (Fsp3) is 0.909. The highest BCUT2D eigenvalue weighted by Crippen LogP contribution is 2.35. The molecule has 0 spiro atoms. The molecular formula is C11H20N2O2. The molecule has 15 heavy (non-hydrogen) atoms. The summed E-state index contributed by atoms with van der Waals surface area (Å²) in [4.78, 5) is 13.8. The molecule has 2 unspecified atom stereocenters. The first-order chi connectivity index (χ1) is 7.20. The van der Waals surface area contributed by atoms with Gasteiger partial charge in [-0.05, 0) is 32.6 Å². The highest BCUT2D eigenvalue weighted by molar-refractivity contribution is 5.78. The second-order valence-corrected chi connectivity index (χ2v) is 4.64. The van der Waals surface area contributed by atoms with Crippen LogP contribution in [0.25, 0.3) is 0 Å². The maximum absolute atomic E-state index is 11.5. The molecule has 1 amide bonds. The summed E-state index contributed by atoms with van der Waals surface area (Å²) in [6, 6.07) is 0.864. The van der Waals surface area contributed by atoms with E-state index >= 15 is 0 Å². The van der Waals surface area contributed by atoms with Gasteiger partial charge in [-0.25, -0.2) is 0 Å². The summed E-state index contributed by atoms with van der Waals surface area (Å²) < 4.78 is 0. The van der Waals surface area contributed by atoms with Crippen molar-refractivity contribution in [3.05, 3.63) is 0 Å². The summed E-state index contributed by atoms with van der Waals surface area (Å²) >= 11 is 0. The van der Waals surface area contributed by atoms with Gasteiger partial charge in [0.25, 0.3) is 0 Å². The van der Waals surface area contributed by atoms with Crippen LogP contribution < -0.4 is 5.32 Å². The van der Waals surface area contributed by atoms with Crippen molar-refractivity contribution in [2.24, 2.45) is 0 Å². The van der Waals surface area contributed by atoms with Crippen LogP contribution in [0.2, 0.25) is 0 Å². The van der Waals surface area contributed by atoms with Gasteiger partial charge in [-0.15, -0.1) is 0 Å². The Morgan fingerprint density at radius 1 is 1.40 bits per heavy atom. The van der Waals surface area contributed by atoms with Gasteiger partial charge >= 0.3 is 0 Å². The van der Waals surface area contributed by atoms with Gasteiger partial charge in [-0.2, -0.15) is 0 Å². The largest absolute Gasteiger partial charge is 0.393 e. The molecule has 0 saturated carbocycles. The molecule has 0 aromatic carbocycles. The fourth-order valence-corrected chi connectivity index (χ4v) is 2.92. The monoisotopic (exact) mass is 212 g/mol. The number of carbonyl (C=O) groups is 1. The number of piperidine rings is 1. The van der Waals surface area contributed by atoms with Crippen LogP contribution in [0, 0.1) is 0 Å². The summed E-state index contributed by atoms with van der Waals surface area (Å²) in [5.74, 6) is 0.116. The number of aliphatic hydroxyl groups excluding tert-OH is 1. The minimum absolute atomic E-state index is 0.116. The van der Waals surface area contributed by atoms with Crippen molar-refractivity contribution in [3.8, 4) is 0 Å². The Hall–Kier alpha value is -0.610. The SMILES string of the molecule is CCNC(=O)CN1C2CCC1CC(O)C2. The van der Waals surface area contributed by atoms with Crippen LogP contribution in [0.5, 0.6) is 0 Å². The number of hydrogen-bond acceptors (Lipinski definition) is 3. The van der Waals surface area contributed by atoms with Crippen LogP contribution in [0.3, 0.4) is 0 Å². The van der Waals surface area contributed by atoms with Gasteiger partial charge < -0.3 is 10.4 Å². The third-order valence-corrected chi connectivity index (χ3v) is 3.56. The van der Waals surface area contributed by atoms with Crippen LogP contribution in [0.15, 0.2) is 0 Å². The molecule has 2 fully saturated rings. The third-order valence-electron chi connectivity index (χ3n) is 3.56. The molecule has 2 N–H and O–H groups in total. The predicted molar refractivity (Wildman–Crippen MR) is 57.4 cm³/mol. The standard InChI is InChI=1S/C11H20N2O2/c1-2-12-11(15)7-13-8-3-4-9(13)6-10(14)5-8/h8-10,14H,2-7H2,1H3,(H,12,15). The molecule has 2 bridgehead atoms. The van der Waals surface area contributed by atoms with E-state index in [1.54, 1.807) is 0 Å². The summed E-state index contributed by atoms with van der Waals surface area (Å²) in [5, 5.41) is 12.4. The van der Waals surface area contributed by atoms with Crippen molar-refractivity contribution in [3.63, 3.8) is 0 Å². The zero-order chi connectivity index (χ0) is 10.8. The van der Waals surface area contributed by atoms with Crippen LogP contribution in [-0.4, -0.2) is 47.2 Å². The van der Waals surface area contributed by atoms with Gasteiger partial charge in [-0.1, -0.05) is 0 Å². The minimum atomic E-state index is -0.145. The summed E-state index contributed by atoms with van der Waals surface area (Å²) in [6.07, 6.45) is 3.82. The van der Waals surface area contributed by atoms with Crippen molar-refractivity contribution in [1.82, 2.24) is 10.2 Å². The van der Waals surface area contributed by atoms with Crippen molar-refractivity contribution < 1.29 is 9.90 Å². The zero-order valence-corrected chi connectivity index (χ0v) is 9.28. The smallest absolute Gasteiger partial charge is 0.234 e. The number of amides is 1. The molecule has 0 radical (unpaired) electrons.